The van der Waals surface area contributed by atoms with E-state index in [1.165, 1.54) is 17.7 Å². The maximum Gasteiger partial charge on any atom is 0.261 e. The zero-order valence-electron chi connectivity index (χ0n) is 13.1. The van der Waals surface area contributed by atoms with Crippen molar-refractivity contribution in [2.45, 2.75) is 34.1 Å². The van der Waals surface area contributed by atoms with E-state index in [-0.39, 0.29) is 11.8 Å². The number of hydrogen-bond acceptors (Lipinski definition) is 3. The summed E-state index contributed by atoms with van der Waals surface area (Å²) in [6.45, 7) is 8.28. The molecule has 0 bridgehead atoms. The number of halogens is 1. The van der Waals surface area contributed by atoms with Crippen molar-refractivity contribution in [2.75, 3.05) is 20.0 Å². The first-order chi connectivity index (χ1) is 9.56. The van der Waals surface area contributed by atoms with Crippen LogP contribution in [-0.4, -0.2) is 31.8 Å². The minimum Gasteiger partial charge on any atom is -0.359 e. The van der Waals surface area contributed by atoms with E-state index in [1.54, 1.807) is 7.05 Å². The van der Waals surface area contributed by atoms with E-state index >= 15 is 0 Å². The van der Waals surface area contributed by atoms with Gasteiger partial charge in [-0.15, -0.1) is 22.9 Å². The molecule has 0 aliphatic carbocycles. The number of nitrogens with one attached hydrogen (secondary N) is 2. The first-order valence-electron chi connectivity index (χ1n) is 6.47. The normalized spacial score (nSPS) is 8.55. The predicted octanol–water partition coefficient (Wildman–Crippen LogP) is 3.11. The molecule has 0 fully saturated rings. The van der Waals surface area contributed by atoms with Crippen molar-refractivity contribution in [3.05, 3.63) is 21.4 Å². The molecule has 1 aromatic rings. The zero-order chi connectivity index (χ0) is 16.1. The maximum atomic E-state index is 11.7. The zero-order valence-corrected chi connectivity index (χ0v) is 14.7. The van der Waals surface area contributed by atoms with Crippen LogP contribution in [0, 0.1) is 13.8 Å². The third-order valence-corrected chi connectivity index (χ3v) is 3.61. The monoisotopic (exact) mass is 320 g/mol. The highest BCUT2D eigenvalue weighted by atomic mass is 35.5. The first kappa shape index (κ1) is 21.2. The fraction of sp³-hybridized carbons (Fsp3) is 0.571. The van der Waals surface area contributed by atoms with Crippen molar-refractivity contribution in [3.8, 4) is 0 Å². The van der Waals surface area contributed by atoms with Crippen LogP contribution in [0.4, 0.5) is 0 Å². The fourth-order valence-electron chi connectivity index (χ4n) is 1.22. The number of hydrogen-bond donors (Lipinski definition) is 2. The SMILES string of the molecule is CC.CCl.CNC(=O)CCNC(=O)c1scc(C)c1C. The highest BCUT2D eigenvalue weighted by Gasteiger charge is 2.12. The minimum absolute atomic E-state index is 0.0700. The van der Waals surface area contributed by atoms with Crippen LogP contribution < -0.4 is 10.6 Å². The van der Waals surface area contributed by atoms with Gasteiger partial charge in [-0.05, 0) is 30.4 Å². The molecule has 1 aromatic heterocycles. The summed E-state index contributed by atoms with van der Waals surface area (Å²) < 4.78 is 0. The fourth-order valence-corrected chi connectivity index (χ4v) is 2.21. The van der Waals surface area contributed by atoms with Gasteiger partial charge in [0.05, 0.1) is 4.88 Å². The highest BCUT2D eigenvalue weighted by Crippen LogP contribution is 2.20. The molecular weight excluding hydrogens is 296 g/mol. The number of aryl methyl sites for hydroxylation is 1. The average molecular weight is 321 g/mol. The number of alkyl halides is 1. The quantitative estimate of drug-likeness (QED) is 0.837. The van der Waals surface area contributed by atoms with E-state index in [2.05, 4.69) is 22.2 Å². The molecule has 0 radical (unpaired) electrons. The molecule has 0 aliphatic heterocycles. The largest absolute Gasteiger partial charge is 0.359 e. The summed E-state index contributed by atoms with van der Waals surface area (Å²) in [5, 5.41) is 7.20. The van der Waals surface area contributed by atoms with Crippen LogP contribution >= 0.6 is 22.9 Å². The van der Waals surface area contributed by atoms with E-state index in [4.69, 9.17) is 0 Å². The van der Waals surface area contributed by atoms with Gasteiger partial charge in [0.25, 0.3) is 5.91 Å². The Kier molecular flexibility index (Phi) is 13.7. The van der Waals surface area contributed by atoms with Crippen LogP contribution in [-0.2, 0) is 4.79 Å². The summed E-state index contributed by atoms with van der Waals surface area (Å²) in [5.41, 5.74) is 2.14. The second-order valence-electron chi connectivity index (χ2n) is 3.55. The molecule has 20 heavy (non-hydrogen) atoms. The van der Waals surface area contributed by atoms with Crippen molar-refractivity contribution in [3.63, 3.8) is 0 Å². The summed E-state index contributed by atoms with van der Waals surface area (Å²) in [7, 11) is 1.58. The number of thiophene rings is 1. The van der Waals surface area contributed by atoms with E-state index < -0.39 is 0 Å². The molecule has 116 valence electrons. The molecule has 6 heteroatoms. The van der Waals surface area contributed by atoms with Gasteiger partial charge in [-0.3, -0.25) is 9.59 Å². The molecule has 0 aromatic carbocycles. The summed E-state index contributed by atoms with van der Waals surface area (Å²) in [6, 6.07) is 0. The van der Waals surface area contributed by atoms with Gasteiger partial charge in [0.1, 0.15) is 0 Å². The number of carbonyl (C=O) groups excluding carboxylic acids is 2. The molecule has 0 aliphatic rings. The molecular formula is C14H25ClN2O2S. The van der Waals surface area contributed by atoms with Crippen molar-refractivity contribution in [2.24, 2.45) is 0 Å². The number of rotatable bonds is 4. The van der Waals surface area contributed by atoms with Crippen LogP contribution in [0.15, 0.2) is 5.38 Å². The molecule has 0 atom stereocenters. The Morgan fingerprint density at radius 2 is 1.80 bits per heavy atom. The Labute approximate surface area is 130 Å². The summed E-state index contributed by atoms with van der Waals surface area (Å²) in [4.78, 5) is 23.4. The lowest BCUT2D eigenvalue weighted by Crippen LogP contribution is -2.29. The molecule has 0 saturated carbocycles. The van der Waals surface area contributed by atoms with Crippen molar-refractivity contribution >= 4 is 34.8 Å². The lowest BCUT2D eigenvalue weighted by atomic mass is 10.2. The van der Waals surface area contributed by atoms with Gasteiger partial charge >= 0.3 is 0 Å². The van der Waals surface area contributed by atoms with Crippen LogP contribution in [0.3, 0.4) is 0 Å². The summed E-state index contributed by atoms with van der Waals surface area (Å²) in [5.74, 6) is -0.168. The highest BCUT2D eigenvalue weighted by molar-refractivity contribution is 7.12. The molecule has 2 N–H and O–H groups in total. The Balaban J connectivity index is 0. The third kappa shape index (κ3) is 7.50. The van der Waals surface area contributed by atoms with Gasteiger partial charge in [0, 0.05) is 26.4 Å². The lowest BCUT2D eigenvalue weighted by Gasteiger charge is -2.04. The molecule has 0 unspecified atom stereocenters. The smallest absolute Gasteiger partial charge is 0.261 e. The minimum atomic E-state index is -0.0977. The van der Waals surface area contributed by atoms with Gasteiger partial charge in [-0.2, -0.15) is 0 Å². The van der Waals surface area contributed by atoms with Crippen LogP contribution in [0.1, 0.15) is 41.1 Å². The van der Waals surface area contributed by atoms with Gasteiger partial charge < -0.3 is 10.6 Å². The second kappa shape index (κ2) is 12.9. The number of amides is 2. The van der Waals surface area contributed by atoms with Gasteiger partial charge in [-0.25, -0.2) is 0 Å². The summed E-state index contributed by atoms with van der Waals surface area (Å²) >= 11 is 6.08. The van der Waals surface area contributed by atoms with Crippen molar-refractivity contribution in [1.29, 1.82) is 0 Å². The van der Waals surface area contributed by atoms with E-state index in [0.29, 0.717) is 13.0 Å². The molecule has 0 spiro atoms. The lowest BCUT2D eigenvalue weighted by molar-refractivity contribution is -0.120. The summed E-state index contributed by atoms with van der Waals surface area (Å²) in [6.07, 6.45) is 1.78. The molecule has 1 heterocycles. The Morgan fingerprint density at radius 3 is 2.20 bits per heavy atom. The predicted molar refractivity (Wildman–Crippen MR) is 87.9 cm³/mol. The Morgan fingerprint density at radius 1 is 1.25 bits per heavy atom. The first-order valence-corrected chi connectivity index (χ1v) is 8.11. The van der Waals surface area contributed by atoms with Crippen molar-refractivity contribution in [1.82, 2.24) is 10.6 Å². The molecule has 1 rings (SSSR count). The Hall–Kier alpha value is -1.07. The molecule has 2 amide bonds. The van der Waals surface area contributed by atoms with Crippen LogP contribution in [0.5, 0.6) is 0 Å². The topological polar surface area (TPSA) is 58.2 Å². The Bertz CT molecular complexity index is 406. The average Bonchev–Trinajstić information content (AvgIpc) is 2.83. The van der Waals surface area contributed by atoms with E-state index in [0.717, 1.165) is 16.0 Å². The molecule has 0 saturated heterocycles. The third-order valence-electron chi connectivity index (χ3n) is 2.41. The maximum absolute atomic E-state index is 11.7. The molecule has 4 nitrogen and oxygen atoms in total. The van der Waals surface area contributed by atoms with Crippen molar-refractivity contribution < 1.29 is 9.59 Å². The van der Waals surface area contributed by atoms with E-state index in [1.807, 2.05) is 33.1 Å². The van der Waals surface area contributed by atoms with Crippen LogP contribution in [0.2, 0.25) is 0 Å². The standard InChI is InChI=1S/C11H16N2O2S.C2H6.CH3Cl/c1-7-6-16-10(8(7)2)11(15)13-5-4-9(14)12-3;2*1-2/h6H,4-5H2,1-3H3,(H,12,14)(H,13,15);1-2H3;1H3. The van der Waals surface area contributed by atoms with E-state index in [9.17, 15) is 9.59 Å². The second-order valence-corrected chi connectivity index (χ2v) is 4.43. The van der Waals surface area contributed by atoms with Gasteiger partial charge in [0.15, 0.2) is 0 Å². The van der Waals surface area contributed by atoms with Gasteiger partial charge in [-0.1, -0.05) is 13.8 Å². The van der Waals surface area contributed by atoms with Crippen LogP contribution in [0.25, 0.3) is 0 Å². The number of carbonyl (C=O) groups is 2. The van der Waals surface area contributed by atoms with Gasteiger partial charge in [0.2, 0.25) is 5.91 Å².